The van der Waals surface area contributed by atoms with Gasteiger partial charge in [-0.25, -0.2) is 4.98 Å². The minimum atomic E-state index is -0.0780. The second-order valence-corrected chi connectivity index (χ2v) is 4.67. The summed E-state index contributed by atoms with van der Waals surface area (Å²) in [6.07, 6.45) is 4.32. The predicted molar refractivity (Wildman–Crippen MR) is 71.4 cm³/mol. The van der Waals surface area contributed by atoms with Crippen molar-refractivity contribution in [2.45, 2.75) is 12.8 Å². The van der Waals surface area contributed by atoms with Crippen molar-refractivity contribution in [3.05, 3.63) is 40.6 Å². The Morgan fingerprint density at radius 1 is 1.39 bits per heavy atom. The van der Waals surface area contributed by atoms with Gasteiger partial charge in [-0.3, -0.25) is 9.78 Å². The highest BCUT2D eigenvalue weighted by Crippen LogP contribution is 2.11. The molecule has 0 radical (unpaired) electrons. The number of nitrogens with zero attached hydrogens (tertiary/aromatic N) is 2. The number of rotatable bonds is 5. The van der Waals surface area contributed by atoms with E-state index in [-0.39, 0.29) is 12.3 Å². The molecule has 0 unspecified atom stereocenters. The van der Waals surface area contributed by atoms with Crippen LogP contribution < -0.4 is 11.1 Å². The number of amides is 1. The summed E-state index contributed by atoms with van der Waals surface area (Å²) in [7, 11) is 0. The minimum Gasteiger partial charge on any atom is -0.330 e. The number of carbonyl (C=O) groups excluding carboxylic acids is 1. The fraction of sp³-hybridized carbons (Fsp3) is 0.250. The molecule has 18 heavy (non-hydrogen) atoms. The van der Waals surface area contributed by atoms with Crippen LogP contribution in [0.1, 0.15) is 10.7 Å². The third-order valence-electron chi connectivity index (χ3n) is 2.26. The van der Waals surface area contributed by atoms with Crippen LogP contribution in [0.5, 0.6) is 0 Å². The number of hydrogen-bond acceptors (Lipinski definition) is 5. The van der Waals surface area contributed by atoms with Crippen molar-refractivity contribution in [3.8, 4) is 0 Å². The first kappa shape index (κ1) is 12.7. The number of nitrogens with two attached hydrogens (primary N) is 1. The van der Waals surface area contributed by atoms with Crippen LogP contribution in [0.3, 0.4) is 0 Å². The summed E-state index contributed by atoms with van der Waals surface area (Å²) in [4.78, 5) is 20.0. The van der Waals surface area contributed by atoms with Gasteiger partial charge in [-0.05, 0) is 18.7 Å². The lowest BCUT2D eigenvalue weighted by Crippen LogP contribution is -2.14. The minimum absolute atomic E-state index is 0.0780. The van der Waals surface area contributed by atoms with Crippen LogP contribution in [0, 0.1) is 0 Å². The highest BCUT2D eigenvalue weighted by atomic mass is 32.1. The SMILES string of the molecule is NCCc1nc(CC(=O)Nc2ccncc2)cs1. The van der Waals surface area contributed by atoms with E-state index < -0.39 is 0 Å². The van der Waals surface area contributed by atoms with E-state index in [1.54, 1.807) is 35.9 Å². The number of thiazole rings is 1. The zero-order valence-electron chi connectivity index (χ0n) is 9.80. The molecular weight excluding hydrogens is 248 g/mol. The summed E-state index contributed by atoms with van der Waals surface area (Å²) < 4.78 is 0. The molecule has 6 heteroatoms. The second-order valence-electron chi connectivity index (χ2n) is 3.73. The molecule has 0 fully saturated rings. The molecule has 5 nitrogen and oxygen atoms in total. The normalized spacial score (nSPS) is 10.3. The van der Waals surface area contributed by atoms with Gasteiger partial charge in [-0.1, -0.05) is 0 Å². The summed E-state index contributed by atoms with van der Waals surface area (Å²) in [6.45, 7) is 0.580. The molecule has 0 saturated carbocycles. The molecule has 1 amide bonds. The fourth-order valence-corrected chi connectivity index (χ4v) is 2.29. The van der Waals surface area contributed by atoms with Gasteiger partial charge in [0, 0.05) is 29.9 Å². The molecule has 0 atom stereocenters. The van der Waals surface area contributed by atoms with Crippen molar-refractivity contribution < 1.29 is 4.79 Å². The maximum atomic E-state index is 11.8. The molecule has 2 aromatic rings. The van der Waals surface area contributed by atoms with E-state index in [1.807, 2.05) is 5.38 Å². The first-order valence-electron chi connectivity index (χ1n) is 5.61. The maximum absolute atomic E-state index is 11.8. The quantitative estimate of drug-likeness (QED) is 0.849. The Kier molecular flexibility index (Phi) is 4.38. The molecular formula is C12H14N4OS. The van der Waals surface area contributed by atoms with E-state index in [9.17, 15) is 4.79 Å². The maximum Gasteiger partial charge on any atom is 0.230 e. The molecule has 0 aliphatic rings. The van der Waals surface area contributed by atoms with Crippen molar-refractivity contribution >= 4 is 22.9 Å². The van der Waals surface area contributed by atoms with Crippen LogP contribution in [0.15, 0.2) is 29.9 Å². The largest absolute Gasteiger partial charge is 0.330 e. The Balaban J connectivity index is 1.90. The number of anilines is 1. The molecule has 0 aliphatic heterocycles. The molecule has 0 bridgehead atoms. The van der Waals surface area contributed by atoms with Gasteiger partial charge in [0.15, 0.2) is 0 Å². The third kappa shape index (κ3) is 3.61. The molecule has 2 rings (SSSR count). The predicted octanol–water partition coefficient (Wildman–Crippen LogP) is 1.22. The summed E-state index contributed by atoms with van der Waals surface area (Å²) >= 11 is 1.54. The number of pyridine rings is 1. The monoisotopic (exact) mass is 262 g/mol. The second kappa shape index (κ2) is 6.23. The number of carbonyl (C=O) groups is 1. The van der Waals surface area contributed by atoms with Crippen molar-refractivity contribution in [1.29, 1.82) is 0 Å². The van der Waals surface area contributed by atoms with Crippen molar-refractivity contribution in [1.82, 2.24) is 9.97 Å². The lowest BCUT2D eigenvalue weighted by atomic mass is 10.3. The van der Waals surface area contributed by atoms with Gasteiger partial charge >= 0.3 is 0 Å². The van der Waals surface area contributed by atoms with Gasteiger partial charge in [-0.2, -0.15) is 0 Å². The zero-order valence-corrected chi connectivity index (χ0v) is 10.6. The molecule has 0 aliphatic carbocycles. The van der Waals surface area contributed by atoms with Gasteiger partial charge in [-0.15, -0.1) is 11.3 Å². The Morgan fingerprint density at radius 2 is 2.17 bits per heavy atom. The van der Waals surface area contributed by atoms with Crippen molar-refractivity contribution in [2.75, 3.05) is 11.9 Å². The molecule has 0 spiro atoms. The van der Waals surface area contributed by atoms with E-state index in [1.165, 1.54) is 0 Å². The van der Waals surface area contributed by atoms with Gasteiger partial charge in [0.2, 0.25) is 5.91 Å². The highest BCUT2D eigenvalue weighted by molar-refractivity contribution is 7.09. The smallest absolute Gasteiger partial charge is 0.230 e. The molecule has 0 aromatic carbocycles. The van der Waals surface area contributed by atoms with E-state index in [4.69, 9.17) is 5.73 Å². The van der Waals surface area contributed by atoms with Gasteiger partial charge in [0.25, 0.3) is 0 Å². The van der Waals surface area contributed by atoms with Crippen LogP contribution >= 0.6 is 11.3 Å². The third-order valence-corrected chi connectivity index (χ3v) is 3.22. The average Bonchev–Trinajstić information content (AvgIpc) is 2.78. The Morgan fingerprint density at radius 3 is 2.89 bits per heavy atom. The van der Waals surface area contributed by atoms with Crippen LogP contribution in [0.4, 0.5) is 5.69 Å². The fourth-order valence-electron chi connectivity index (χ4n) is 1.47. The molecule has 3 N–H and O–H groups in total. The Bertz CT molecular complexity index is 512. The zero-order chi connectivity index (χ0) is 12.8. The van der Waals surface area contributed by atoms with Crippen molar-refractivity contribution in [2.24, 2.45) is 5.73 Å². The van der Waals surface area contributed by atoms with Gasteiger partial charge in [0.05, 0.1) is 17.1 Å². The topological polar surface area (TPSA) is 80.9 Å². The molecule has 2 heterocycles. The summed E-state index contributed by atoms with van der Waals surface area (Å²) in [6, 6.07) is 3.50. The molecule has 2 aromatic heterocycles. The van der Waals surface area contributed by atoms with Crippen LogP contribution in [0.25, 0.3) is 0 Å². The van der Waals surface area contributed by atoms with Crippen LogP contribution in [-0.4, -0.2) is 22.4 Å². The summed E-state index contributed by atoms with van der Waals surface area (Å²) in [5.41, 5.74) is 6.98. The van der Waals surface area contributed by atoms with E-state index in [0.29, 0.717) is 6.54 Å². The standard InChI is InChI=1S/C12H14N4OS/c13-4-1-12-16-10(8-18-12)7-11(17)15-9-2-5-14-6-3-9/h2-3,5-6,8H,1,4,7,13H2,(H,14,15,17). The van der Waals surface area contributed by atoms with Gasteiger partial charge < -0.3 is 11.1 Å². The lowest BCUT2D eigenvalue weighted by molar-refractivity contribution is -0.115. The van der Waals surface area contributed by atoms with Crippen LogP contribution in [-0.2, 0) is 17.6 Å². The first-order valence-corrected chi connectivity index (χ1v) is 6.49. The lowest BCUT2D eigenvalue weighted by Gasteiger charge is -2.02. The number of hydrogen-bond donors (Lipinski definition) is 2. The average molecular weight is 262 g/mol. The molecule has 0 saturated heterocycles. The number of nitrogens with one attached hydrogen (secondary N) is 1. The van der Waals surface area contributed by atoms with Crippen molar-refractivity contribution in [3.63, 3.8) is 0 Å². The Labute approximate surface area is 109 Å². The summed E-state index contributed by atoms with van der Waals surface area (Å²) in [5, 5.41) is 5.67. The van der Waals surface area contributed by atoms with Crippen LogP contribution in [0.2, 0.25) is 0 Å². The van der Waals surface area contributed by atoms with E-state index in [0.717, 1.165) is 22.8 Å². The van der Waals surface area contributed by atoms with E-state index >= 15 is 0 Å². The first-order chi connectivity index (χ1) is 8.78. The van der Waals surface area contributed by atoms with E-state index in [2.05, 4.69) is 15.3 Å². The molecule has 94 valence electrons. The highest BCUT2D eigenvalue weighted by Gasteiger charge is 2.07. The summed E-state index contributed by atoms with van der Waals surface area (Å²) in [5.74, 6) is -0.0780. The number of aromatic nitrogens is 2. The Hall–Kier alpha value is -1.79. The van der Waals surface area contributed by atoms with Gasteiger partial charge in [0.1, 0.15) is 0 Å².